The molecule has 0 spiro atoms. The summed E-state index contributed by atoms with van der Waals surface area (Å²) in [6.07, 6.45) is 5.27. The van der Waals surface area contributed by atoms with Crippen molar-refractivity contribution in [2.45, 2.75) is 37.6 Å². The molecule has 0 aromatic heterocycles. The Bertz CT molecular complexity index is 1570. The van der Waals surface area contributed by atoms with Crippen molar-refractivity contribution in [1.82, 2.24) is 10.2 Å². The minimum Gasteiger partial charge on any atom is -0.502 e. The van der Waals surface area contributed by atoms with E-state index in [1.165, 1.54) is 31.3 Å². The van der Waals surface area contributed by atoms with Crippen LogP contribution in [-0.4, -0.2) is 67.9 Å². The lowest BCUT2D eigenvalue weighted by atomic mass is 9.65. The van der Waals surface area contributed by atoms with E-state index in [1.807, 2.05) is 12.1 Å². The molecular weight excluding hydrogens is 584 g/mol. The fourth-order valence-electron chi connectivity index (χ4n) is 7.59. The molecule has 236 valence electrons. The quantitative estimate of drug-likeness (QED) is 0.350. The third kappa shape index (κ3) is 4.92. The Morgan fingerprint density at radius 2 is 1.53 bits per heavy atom. The van der Waals surface area contributed by atoms with Crippen LogP contribution in [0.25, 0.3) is 0 Å². The molecule has 2 N–H and O–H groups in total. The highest BCUT2D eigenvalue weighted by molar-refractivity contribution is 6.12. The van der Waals surface area contributed by atoms with Crippen LogP contribution < -0.4 is 24.3 Å². The molecular formula is C33H34N2O10. The van der Waals surface area contributed by atoms with E-state index in [1.54, 1.807) is 12.1 Å². The van der Waals surface area contributed by atoms with Gasteiger partial charge in [-0.05, 0) is 72.6 Å². The van der Waals surface area contributed by atoms with Gasteiger partial charge in [0.2, 0.25) is 18.4 Å². The van der Waals surface area contributed by atoms with Gasteiger partial charge in [-0.15, -0.1) is 0 Å². The van der Waals surface area contributed by atoms with Crippen LogP contribution in [0.3, 0.4) is 0 Å². The monoisotopic (exact) mass is 618 g/mol. The van der Waals surface area contributed by atoms with Crippen molar-refractivity contribution in [3.05, 3.63) is 53.1 Å². The van der Waals surface area contributed by atoms with E-state index in [2.05, 4.69) is 5.32 Å². The number of aromatic hydroxyl groups is 1. The zero-order chi connectivity index (χ0) is 31.4. The molecule has 45 heavy (non-hydrogen) atoms. The van der Waals surface area contributed by atoms with Crippen LogP contribution in [0.15, 0.2) is 36.4 Å². The molecule has 1 saturated carbocycles. The zero-order valence-corrected chi connectivity index (χ0v) is 24.9. The highest BCUT2D eigenvalue weighted by Crippen LogP contribution is 2.55. The highest BCUT2D eigenvalue weighted by Gasteiger charge is 2.53. The number of cyclic esters (lactones) is 1. The van der Waals surface area contributed by atoms with Crippen molar-refractivity contribution in [3.63, 3.8) is 0 Å². The van der Waals surface area contributed by atoms with Crippen LogP contribution in [0.5, 0.6) is 28.7 Å². The van der Waals surface area contributed by atoms with Crippen LogP contribution in [0.1, 0.15) is 54.3 Å². The normalized spacial score (nSPS) is 28.0. The maximum Gasteiger partial charge on any atom is 0.310 e. The Balaban J connectivity index is 1.18. The number of hydrogen-bond donors (Lipinski definition) is 2. The summed E-state index contributed by atoms with van der Waals surface area (Å²) in [7, 11) is 2.89. The summed E-state index contributed by atoms with van der Waals surface area (Å²) < 4.78 is 27.9. The van der Waals surface area contributed by atoms with Crippen LogP contribution >= 0.6 is 0 Å². The number of rotatable bonds is 7. The minimum absolute atomic E-state index is 0.0591. The number of methoxy groups -OCH3 is 2. The fraction of sp³-hybridized carbons (Fsp3) is 0.455. The van der Waals surface area contributed by atoms with Crippen LogP contribution in [0, 0.1) is 23.7 Å². The summed E-state index contributed by atoms with van der Waals surface area (Å²) in [5, 5.41) is 13.9. The molecule has 4 atom stereocenters. The second kappa shape index (κ2) is 11.3. The van der Waals surface area contributed by atoms with Gasteiger partial charge in [0.05, 0.1) is 32.8 Å². The third-order valence-corrected chi connectivity index (χ3v) is 9.90. The van der Waals surface area contributed by atoms with Crippen molar-refractivity contribution < 1.29 is 48.0 Å². The molecule has 3 heterocycles. The standard InChI is InChI=1S/C33H34N2O10/c1-41-24-9-18(10-25(42-2)31(24)38)28-19-11-22-23(45-15-44-22)12-20(19)30(21-14-43-33(40)29(21)28)34-32(39)17-5-3-16(4-6-17)13-35-26(36)7-8-27(35)37/h7-12,16-17,21,28-30,38H,3-6,13-15H2,1-2H3,(H,34,39). The van der Waals surface area contributed by atoms with Crippen molar-refractivity contribution in [1.29, 1.82) is 0 Å². The molecule has 2 aromatic carbocycles. The first-order valence-corrected chi connectivity index (χ1v) is 15.2. The van der Waals surface area contributed by atoms with E-state index in [4.69, 9.17) is 23.7 Å². The van der Waals surface area contributed by atoms with E-state index in [9.17, 15) is 24.3 Å². The molecule has 12 heteroatoms. The highest BCUT2D eigenvalue weighted by atomic mass is 16.7. The molecule has 2 aliphatic carbocycles. The summed E-state index contributed by atoms with van der Waals surface area (Å²) in [5.74, 6) is -1.34. The Labute approximate surface area is 259 Å². The average Bonchev–Trinajstić information content (AvgIpc) is 3.76. The van der Waals surface area contributed by atoms with Crippen LogP contribution in [0.2, 0.25) is 0 Å². The van der Waals surface area contributed by atoms with Crippen molar-refractivity contribution >= 4 is 23.7 Å². The van der Waals surface area contributed by atoms with Gasteiger partial charge in [-0.1, -0.05) is 0 Å². The van der Waals surface area contributed by atoms with Gasteiger partial charge >= 0.3 is 5.97 Å². The number of amides is 3. The Morgan fingerprint density at radius 1 is 0.911 bits per heavy atom. The number of benzene rings is 2. The van der Waals surface area contributed by atoms with E-state index in [-0.39, 0.29) is 72.1 Å². The van der Waals surface area contributed by atoms with Gasteiger partial charge in [0.1, 0.15) is 0 Å². The summed E-state index contributed by atoms with van der Waals surface area (Å²) >= 11 is 0. The number of phenolic OH excluding ortho intramolecular Hbond substituents is 1. The number of esters is 1. The smallest absolute Gasteiger partial charge is 0.310 e. The molecule has 0 radical (unpaired) electrons. The Hall–Kier alpha value is -4.74. The zero-order valence-electron chi connectivity index (χ0n) is 24.9. The predicted octanol–water partition coefficient (Wildman–Crippen LogP) is 2.96. The average molecular weight is 619 g/mol. The number of carbonyl (C=O) groups is 4. The molecule has 2 fully saturated rings. The molecule has 3 aliphatic heterocycles. The first-order valence-electron chi connectivity index (χ1n) is 15.2. The molecule has 7 rings (SSSR count). The topological polar surface area (TPSA) is 150 Å². The minimum atomic E-state index is -0.637. The Kier molecular flexibility index (Phi) is 7.29. The summed E-state index contributed by atoms with van der Waals surface area (Å²) in [5.41, 5.74) is 2.26. The lowest BCUT2D eigenvalue weighted by molar-refractivity contribution is -0.142. The first-order chi connectivity index (χ1) is 21.8. The van der Waals surface area contributed by atoms with Crippen molar-refractivity contribution in [2.75, 3.05) is 34.2 Å². The van der Waals surface area contributed by atoms with Crippen molar-refractivity contribution in [3.8, 4) is 28.7 Å². The number of hydrogen-bond acceptors (Lipinski definition) is 10. The number of imide groups is 1. The van der Waals surface area contributed by atoms with E-state index >= 15 is 0 Å². The number of fused-ring (bicyclic) bond motifs is 3. The lowest BCUT2D eigenvalue weighted by Crippen LogP contribution is -2.45. The van der Waals surface area contributed by atoms with Gasteiger partial charge in [-0.25, -0.2) is 0 Å². The molecule has 12 nitrogen and oxygen atoms in total. The summed E-state index contributed by atoms with van der Waals surface area (Å²) in [4.78, 5) is 52.5. The van der Waals surface area contributed by atoms with Gasteiger partial charge in [0, 0.05) is 36.5 Å². The molecule has 0 bridgehead atoms. The molecule has 4 unspecified atom stereocenters. The second-order valence-electron chi connectivity index (χ2n) is 12.2. The first kappa shape index (κ1) is 29.0. The van der Waals surface area contributed by atoms with Gasteiger partial charge in [-0.3, -0.25) is 24.1 Å². The number of nitrogens with one attached hydrogen (secondary N) is 1. The van der Waals surface area contributed by atoms with E-state index < -0.39 is 17.9 Å². The molecule has 2 aromatic rings. The van der Waals surface area contributed by atoms with Gasteiger partial charge in [0.25, 0.3) is 11.8 Å². The summed E-state index contributed by atoms with van der Waals surface area (Å²) in [6.45, 7) is 0.549. The maximum absolute atomic E-state index is 13.8. The van der Waals surface area contributed by atoms with Gasteiger partial charge in [0.15, 0.2) is 23.0 Å². The molecule has 1 saturated heterocycles. The Morgan fingerprint density at radius 3 is 2.16 bits per heavy atom. The fourth-order valence-corrected chi connectivity index (χ4v) is 7.59. The molecule has 3 amide bonds. The van der Waals surface area contributed by atoms with Crippen LogP contribution in [-0.2, 0) is 23.9 Å². The SMILES string of the molecule is COc1cc(C2c3cc4c(cc3C(NC(=O)C3CCC(CN5C(=O)C=CC5=O)CC3)C3COC(=O)C23)OCO4)cc(OC)c1O. The van der Waals surface area contributed by atoms with Crippen molar-refractivity contribution in [2.24, 2.45) is 23.7 Å². The number of nitrogens with zero attached hydrogens (tertiary/aromatic N) is 1. The largest absolute Gasteiger partial charge is 0.502 e. The number of carbonyl (C=O) groups excluding carboxylic acids is 4. The van der Waals surface area contributed by atoms with Gasteiger partial charge in [-0.2, -0.15) is 0 Å². The maximum atomic E-state index is 13.8. The molecule has 5 aliphatic rings. The predicted molar refractivity (Wildman–Crippen MR) is 156 cm³/mol. The van der Waals surface area contributed by atoms with Crippen LogP contribution in [0.4, 0.5) is 0 Å². The van der Waals surface area contributed by atoms with Gasteiger partial charge < -0.3 is 34.1 Å². The number of phenols is 1. The van der Waals surface area contributed by atoms with E-state index in [0.717, 1.165) is 24.0 Å². The third-order valence-electron chi connectivity index (χ3n) is 9.90. The lowest BCUT2D eigenvalue weighted by Gasteiger charge is -2.40. The summed E-state index contributed by atoms with van der Waals surface area (Å²) in [6, 6.07) is 6.58. The van der Waals surface area contributed by atoms with E-state index in [0.29, 0.717) is 36.4 Å². The number of ether oxygens (including phenoxy) is 5. The second-order valence-corrected chi connectivity index (χ2v) is 12.2.